The summed E-state index contributed by atoms with van der Waals surface area (Å²) < 4.78 is 0. The normalized spacial score (nSPS) is 10.9. The van der Waals surface area contributed by atoms with E-state index in [1.807, 2.05) is 18.2 Å². The molecule has 0 atom stereocenters. The van der Waals surface area contributed by atoms with Gasteiger partial charge in [0, 0.05) is 23.1 Å². The molecular formula is C17H12N4O4. The predicted molar refractivity (Wildman–Crippen MR) is 91.6 cm³/mol. The van der Waals surface area contributed by atoms with Gasteiger partial charge in [-0.2, -0.15) is 5.10 Å². The lowest BCUT2D eigenvalue weighted by Gasteiger charge is -2.02. The molecular weight excluding hydrogens is 324 g/mol. The van der Waals surface area contributed by atoms with Crippen molar-refractivity contribution in [3.8, 4) is 5.75 Å². The number of non-ortho nitro benzene ring substituents is 1. The molecule has 3 rings (SSSR count). The van der Waals surface area contributed by atoms with Crippen molar-refractivity contribution in [1.29, 1.82) is 0 Å². The molecule has 0 radical (unpaired) electrons. The van der Waals surface area contributed by atoms with E-state index in [1.54, 1.807) is 18.2 Å². The molecule has 1 aromatic heterocycles. The maximum atomic E-state index is 12.1. The first-order valence-electron chi connectivity index (χ1n) is 7.21. The number of carbonyl (C=O) groups is 1. The Morgan fingerprint density at radius 3 is 2.80 bits per heavy atom. The van der Waals surface area contributed by atoms with Crippen LogP contribution in [0.4, 0.5) is 5.69 Å². The van der Waals surface area contributed by atoms with Gasteiger partial charge in [0.05, 0.1) is 16.7 Å². The Labute approximate surface area is 141 Å². The molecule has 124 valence electrons. The van der Waals surface area contributed by atoms with E-state index in [1.165, 1.54) is 12.1 Å². The Morgan fingerprint density at radius 1 is 1.20 bits per heavy atom. The molecule has 0 aliphatic heterocycles. The zero-order chi connectivity index (χ0) is 17.8. The SMILES string of the molecule is O=C(N/N=C\c1cc([N+](=O)[O-])ccc1O)c1ccc2ccccc2n1. The molecule has 8 heteroatoms. The summed E-state index contributed by atoms with van der Waals surface area (Å²) in [5.74, 6) is -0.723. The first kappa shape index (κ1) is 16.1. The summed E-state index contributed by atoms with van der Waals surface area (Å²) in [5.41, 5.74) is 3.05. The highest BCUT2D eigenvalue weighted by Crippen LogP contribution is 2.21. The van der Waals surface area contributed by atoms with Crippen LogP contribution in [-0.4, -0.2) is 27.1 Å². The number of benzene rings is 2. The molecule has 0 fully saturated rings. The average Bonchev–Trinajstić information content (AvgIpc) is 2.62. The number of nitrogens with one attached hydrogen (secondary N) is 1. The molecule has 1 heterocycles. The number of aromatic hydroxyl groups is 1. The largest absolute Gasteiger partial charge is 0.507 e. The molecule has 0 unspecified atom stereocenters. The van der Waals surface area contributed by atoms with Gasteiger partial charge in [-0.3, -0.25) is 14.9 Å². The summed E-state index contributed by atoms with van der Waals surface area (Å²) in [5, 5.41) is 25.0. The van der Waals surface area contributed by atoms with Crippen LogP contribution in [0.1, 0.15) is 16.1 Å². The van der Waals surface area contributed by atoms with Gasteiger partial charge in [0.1, 0.15) is 11.4 Å². The van der Waals surface area contributed by atoms with E-state index in [-0.39, 0.29) is 22.7 Å². The van der Waals surface area contributed by atoms with Crippen LogP contribution in [0.15, 0.2) is 59.7 Å². The van der Waals surface area contributed by atoms with Gasteiger partial charge in [0.2, 0.25) is 0 Å². The highest BCUT2D eigenvalue weighted by Gasteiger charge is 2.10. The smallest absolute Gasteiger partial charge is 0.289 e. The number of amides is 1. The van der Waals surface area contributed by atoms with E-state index in [2.05, 4.69) is 15.5 Å². The van der Waals surface area contributed by atoms with Crippen LogP contribution in [0, 0.1) is 10.1 Å². The van der Waals surface area contributed by atoms with Crippen molar-refractivity contribution in [3.63, 3.8) is 0 Å². The number of hydrogen-bond donors (Lipinski definition) is 2. The Kier molecular flexibility index (Phi) is 4.34. The minimum atomic E-state index is -0.589. The summed E-state index contributed by atoms with van der Waals surface area (Å²) in [6.07, 6.45) is 1.13. The number of nitrogens with zero attached hydrogens (tertiary/aromatic N) is 3. The molecule has 0 saturated heterocycles. The topological polar surface area (TPSA) is 118 Å². The Morgan fingerprint density at radius 2 is 2.00 bits per heavy atom. The van der Waals surface area contributed by atoms with Crippen LogP contribution in [0.25, 0.3) is 10.9 Å². The van der Waals surface area contributed by atoms with E-state index in [4.69, 9.17) is 0 Å². The van der Waals surface area contributed by atoms with Crippen LogP contribution in [0.3, 0.4) is 0 Å². The fraction of sp³-hybridized carbons (Fsp3) is 0. The second-order valence-electron chi connectivity index (χ2n) is 5.09. The zero-order valence-electron chi connectivity index (χ0n) is 12.8. The van der Waals surface area contributed by atoms with Crippen molar-refractivity contribution in [3.05, 3.63) is 76.0 Å². The highest BCUT2D eigenvalue weighted by atomic mass is 16.6. The first-order chi connectivity index (χ1) is 12.0. The van der Waals surface area contributed by atoms with Crippen LogP contribution < -0.4 is 5.43 Å². The van der Waals surface area contributed by atoms with Gasteiger partial charge in [-0.15, -0.1) is 0 Å². The third kappa shape index (κ3) is 3.58. The van der Waals surface area contributed by atoms with Crippen molar-refractivity contribution >= 4 is 28.7 Å². The number of para-hydroxylation sites is 1. The molecule has 0 bridgehead atoms. The number of aromatic nitrogens is 1. The third-order valence-electron chi connectivity index (χ3n) is 3.42. The molecule has 25 heavy (non-hydrogen) atoms. The van der Waals surface area contributed by atoms with Crippen LogP contribution in [0.2, 0.25) is 0 Å². The fourth-order valence-corrected chi connectivity index (χ4v) is 2.17. The standard InChI is InChI=1S/C17H12N4O4/c22-16-8-6-13(21(24)25)9-12(16)10-18-20-17(23)15-7-5-11-3-1-2-4-14(11)19-15/h1-10,22H,(H,20,23)/b18-10-. The number of carbonyl (C=O) groups excluding carboxylic acids is 1. The molecule has 0 aliphatic rings. The van der Waals surface area contributed by atoms with E-state index in [0.29, 0.717) is 5.52 Å². The molecule has 8 nitrogen and oxygen atoms in total. The molecule has 2 aromatic carbocycles. The second-order valence-corrected chi connectivity index (χ2v) is 5.09. The van der Waals surface area contributed by atoms with Crippen molar-refractivity contribution in [2.75, 3.05) is 0 Å². The number of hydrazone groups is 1. The molecule has 0 saturated carbocycles. The van der Waals surface area contributed by atoms with Crippen molar-refractivity contribution in [1.82, 2.24) is 10.4 Å². The quantitative estimate of drug-likeness (QED) is 0.431. The Bertz CT molecular complexity index is 1000. The molecule has 2 N–H and O–H groups in total. The van der Waals surface area contributed by atoms with E-state index in [0.717, 1.165) is 17.7 Å². The predicted octanol–water partition coefficient (Wildman–Crippen LogP) is 2.61. The number of pyridine rings is 1. The van der Waals surface area contributed by atoms with Gasteiger partial charge in [-0.05, 0) is 18.2 Å². The molecule has 1 amide bonds. The van der Waals surface area contributed by atoms with E-state index < -0.39 is 10.8 Å². The zero-order valence-corrected chi connectivity index (χ0v) is 12.8. The number of rotatable bonds is 4. The van der Waals surface area contributed by atoms with E-state index >= 15 is 0 Å². The number of fused-ring (bicyclic) bond motifs is 1. The number of nitro groups is 1. The summed E-state index contributed by atoms with van der Waals surface area (Å²) in [6, 6.07) is 14.2. The summed E-state index contributed by atoms with van der Waals surface area (Å²) >= 11 is 0. The maximum absolute atomic E-state index is 12.1. The fourth-order valence-electron chi connectivity index (χ4n) is 2.17. The monoisotopic (exact) mass is 336 g/mol. The number of phenolic OH excluding ortho intramolecular Hbond substituents is 1. The van der Waals surface area contributed by atoms with Gasteiger partial charge in [-0.1, -0.05) is 24.3 Å². The van der Waals surface area contributed by atoms with Crippen LogP contribution >= 0.6 is 0 Å². The molecule has 0 aliphatic carbocycles. The van der Waals surface area contributed by atoms with Crippen molar-refractivity contribution in [2.45, 2.75) is 0 Å². The van der Waals surface area contributed by atoms with Gasteiger partial charge in [0.25, 0.3) is 11.6 Å². The minimum Gasteiger partial charge on any atom is -0.507 e. The Hall–Kier alpha value is -3.81. The molecule has 0 spiro atoms. The number of phenols is 1. The summed E-state index contributed by atoms with van der Waals surface area (Å²) in [6.45, 7) is 0. The van der Waals surface area contributed by atoms with Gasteiger partial charge in [-0.25, -0.2) is 10.4 Å². The van der Waals surface area contributed by atoms with Crippen molar-refractivity contribution < 1.29 is 14.8 Å². The lowest BCUT2D eigenvalue weighted by atomic mass is 10.2. The first-order valence-corrected chi connectivity index (χ1v) is 7.21. The van der Waals surface area contributed by atoms with Crippen molar-refractivity contribution in [2.24, 2.45) is 5.10 Å². The summed E-state index contributed by atoms with van der Waals surface area (Å²) in [4.78, 5) is 26.5. The number of hydrogen-bond acceptors (Lipinski definition) is 6. The second kappa shape index (κ2) is 6.75. The maximum Gasteiger partial charge on any atom is 0.289 e. The average molecular weight is 336 g/mol. The third-order valence-corrected chi connectivity index (χ3v) is 3.42. The van der Waals surface area contributed by atoms with Gasteiger partial charge in [0.15, 0.2) is 0 Å². The van der Waals surface area contributed by atoms with Crippen LogP contribution in [-0.2, 0) is 0 Å². The van der Waals surface area contributed by atoms with Crippen LogP contribution in [0.5, 0.6) is 5.75 Å². The number of nitro benzene ring substituents is 1. The highest BCUT2D eigenvalue weighted by molar-refractivity contribution is 5.95. The van der Waals surface area contributed by atoms with Gasteiger partial charge < -0.3 is 5.11 Å². The van der Waals surface area contributed by atoms with E-state index in [9.17, 15) is 20.0 Å². The lowest BCUT2D eigenvalue weighted by molar-refractivity contribution is -0.384. The minimum absolute atomic E-state index is 0.112. The summed E-state index contributed by atoms with van der Waals surface area (Å²) in [7, 11) is 0. The van der Waals surface area contributed by atoms with Gasteiger partial charge >= 0.3 is 0 Å². The Balaban J connectivity index is 1.76. The lowest BCUT2D eigenvalue weighted by Crippen LogP contribution is -2.18. The molecule has 3 aromatic rings.